The summed E-state index contributed by atoms with van der Waals surface area (Å²) in [7, 11) is 0. The lowest BCUT2D eigenvalue weighted by atomic mass is 9.87. The number of amides is 1. The Hall–Kier alpha value is -3.61. The molecule has 0 bridgehead atoms. The van der Waals surface area contributed by atoms with Crippen molar-refractivity contribution in [3.8, 4) is 0 Å². The quantitative estimate of drug-likeness (QED) is 0.593. The van der Waals surface area contributed by atoms with Crippen LogP contribution in [0.15, 0.2) is 54.7 Å². The van der Waals surface area contributed by atoms with E-state index < -0.39 is 23.3 Å². The summed E-state index contributed by atoms with van der Waals surface area (Å²) in [6.45, 7) is 6.48. The molecule has 1 amide bonds. The minimum atomic E-state index is -0.768. The number of pyridine rings is 1. The molecular weight excluding hydrogens is 400 g/mol. The number of aromatic nitrogens is 1. The average molecular weight is 421 g/mol. The SMILES string of the molecule is CC(C)(C)c1ccc(CN2C(=O)C(=O)c3cc(F)cc(Nc4ccc(F)cn4)c32)cc1. The zero-order chi connectivity index (χ0) is 22.3. The fourth-order valence-corrected chi connectivity index (χ4v) is 3.53. The van der Waals surface area contributed by atoms with Crippen LogP contribution in [0.5, 0.6) is 0 Å². The maximum Gasteiger partial charge on any atom is 0.299 e. The molecule has 0 saturated carbocycles. The van der Waals surface area contributed by atoms with Crippen molar-refractivity contribution in [2.75, 3.05) is 10.2 Å². The highest BCUT2D eigenvalue weighted by Gasteiger charge is 2.38. The van der Waals surface area contributed by atoms with Crippen molar-refractivity contribution in [2.24, 2.45) is 0 Å². The number of carbonyl (C=O) groups excluding carboxylic acids is 2. The molecule has 1 aromatic heterocycles. The van der Waals surface area contributed by atoms with E-state index in [-0.39, 0.29) is 34.7 Å². The maximum absolute atomic E-state index is 14.2. The Kier molecular flexibility index (Phi) is 5.05. The smallest absolute Gasteiger partial charge is 0.299 e. The van der Waals surface area contributed by atoms with Crippen LogP contribution in [-0.4, -0.2) is 16.7 Å². The largest absolute Gasteiger partial charge is 0.338 e. The van der Waals surface area contributed by atoms with Gasteiger partial charge in [-0.3, -0.25) is 14.5 Å². The fourth-order valence-electron chi connectivity index (χ4n) is 3.53. The zero-order valence-electron chi connectivity index (χ0n) is 17.4. The topological polar surface area (TPSA) is 62.3 Å². The van der Waals surface area contributed by atoms with Crippen LogP contribution in [0, 0.1) is 11.6 Å². The molecule has 1 N–H and O–H groups in total. The van der Waals surface area contributed by atoms with Crippen molar-refractivity contribution in [3.05, 3.63) is 83.1 Å². The van der Waals surface area contributed by atoms with E-state index in [0.717, 1.165) is 23.4 Å². The van der Waals surface area contributed by atoms with Crippen LogP contribution in [0.4, 0.5) is 26.0 Å². The number of Topliss-reactive ketones (excluding diaryl/α,β-unsaturated/α-hetero) is 1. The fraction of sp³-hybridized carbons (Fsp3) is 0.208. The standard InChI is InChI=1S/C24H21F2N3O2/c1-24(2,3)15-6-4-14(5-7-15)13-29-21-18(22(30)23(29)31)10-17(26)11-19(21)28-20-9-8-16(25)12-27-20/h4-12H,13H2,1-3H3,(H,27,28). The second-order valence-corrected chi connectivity index (χ2v) is 8.50. The molecule has 0 spiro atoms. The molecule has 2 aromatic carbocycles. The van der Waals surface area contributed by atoms with Crippen molar-refractivity contribution in [3.63, 3.8) is 0 Å². The highest BCUT2D eigenvalue weighted by atomic mass is 19.1. The summed E-state index contributed by atoms with van der Waals surface area (Å²) in [6.07, 6.45) is 1.02. The van der Waals surface area contributed by atoms with Gasteiger partial charge < -0.3 is 5.32 Å². The van der Waals surface area contributed by atoms with Crippen molar-refractivity contribution >= 4 is 28.9 Å². The van der Waals surface area contributed by atoms with Gasteiger partial charge in [-0.1, -0.05) is 45.0 Å². The van der Waals surface area contributed by atoms with Gasteiger partial charge in [0.15, 0.2) is 0 Å². The van der Waals surface area contributed by atoms with E-state index in [4.69, 9.17) is 0 Å². The molecule has 3 aromatic rings. The van der Waals surface area contributed by atoms with E-state index in [9.17, 15) is 18.4 Å². The first-order valence-electron chi connectivity index (χ1n) is 9.81. The molecule has 31 heavy (non-hydrogen) atoms. The predicted molar refractivity (Wildman–Crippen MR) is 115 cm³/mol. The summed E-state index contributed by atoms with van der Waals surface area (Å²) >= 11 is 0. The number of nitrogens with one attached hydrogen (secondary N) is 1. The molecule has 7 heteroatoms. The van der Waals surface area contributed by atoms with Gasteiger partial charge in [-0.2, -0.15) is 0 Å². The molecule has 4 rings (SSSR count). The molecule has 0 unspecified atom stereocenters. The van der Waals surface area contributed by atoms with E-state index in [0.29, 0.717) is 0 Å². The number of nitrogens with zero attached hydrogens (tertiary/aromatic N) is 2. The molecule has 2 heterocycles. The summed E-state index contributed by atoms with van der Waals surface area (Å²) in [5.41, 5.74) is 2.44. The number of hydrogen-bond donors (Lipinski definition) is 1. The van der Waals surface area contributed by atoms with E-state index in [1.54, 1.807) is 0 Å². The molecule has 5 nitrogen and oxygen atoms in total. The lowest BCUT2D eigenvalue weighted by Gasteiger charge is -2.22. The third-order valence-corrected chi connectivity index (χ3v) is 5.18. The van der Waals surface area contributed by atoms with Crippen molar-refractivity contribution in [1.82, 2.24) is 4.98 Å². The molecule has 0 saturated heterocycles. The predicted octanol–water partition coefficient (Wildman–Crippen LogP) is 5.13. The van der Waals surface area contributed by atoms with Gasteiger partial charge in [-0.25, -0.2) is 13.8 Å². The lowest BCUT2D eigenvalue weighted by Crippen LogP contribution is -2.29. The van der Waals surface area contributed by atoms with E-state index in [1.165, 1.54) is 23.1 Å². The monoisotopic (exact) mass is 421 g/mol. The second-order valence-electron chi connectivity index (χ2n) is 8.50. The van der Waals surface area contributed by atoms with Gasteiger partial charge in [-0.15, -0.1) is 0 Å². The normalized spacial score (nSPS) is 13.5. The van der Waals surface area contributed by atoms with Crippen LogP contribution in [0.3, 0.4) is 0 Å². The Bertz CT molecular complexity index is 1170. The Balaban J connectivity index is 1.71. The average Bonchev–Trinajstić information content (AvgIpc) is 2.94. The minimum absolute atomic E-state index is 0.0126. The molecule has 0 atom stereocenters. The number of anilines is 3. The summed E-state index contributed by atoms with van der Waals surface area (Å²) in [5, 5.41) is 2.89. The second kappa shape index (κ2) is 7.58. The van der Waals surface area contributed by atoms with E-state index >= 15 is 0 Å². The molecular formula is C24H21F2N3O2. The van der Waals surface area contributed by atoms with Crippen LogP contribution in [0.2, 0.25) is 0 Å². The Morgan fingerprint density at radius 2 is 1.68 bits per heavy atom. The Morgan fingerprint density at radius 1 is 0.968 bits per heavy atom. The van der Waals surface area contributed by atoms with Gasteiger partial charge >= 0.3 is 0 Å². The number of ketones is 1. The van der Waals surface area contributed by atoms with Gasteiger partial charge in [-0.05, 0) is 40.8 Å². The first kappa shape index (κ1) is 20.7. The minimum Gasteiger partial charge on any atom is -0.338 e. The van der Waals surface area contributed by atoms with Crippen molar-refractivity contribution in [2.45, 2.75) is 32.7 Å². The highest BCUT2D eigenvalue weighted by Crippen LogP contribution is 2.39. The van der Waals surface area contributed by atoms with Crippen molar-refractivity contribution < 1.29 is 18.4 Å². The summed E-state index contributed by atoms with van der Waals surface area (Å²) in [6, 6.07) is 12.6. The lowest BCUT2D eigenvalue weighted by molar-refractivity contribution is -0.114. The Morgan fingerprint density at radius 3 is 2.29 bits per heavy atom. The zero-order valence-corrected chi connectivity index (χ0v) is 17.4. The first-order chi connectivity index (χ1) is 14.6. The maximum atomic E-state index is 14.2. The Labute approximate surface area is 178 Å². The third-order valence-electron chi connectivity index (χ3n) is 5.18. The molecule has 0 aliphatic carbocycles. The van der Waals surface area contributed by atoms with Gasteiger partial charge in [0.1, 0.15) is 17.5 Å². The van der Waals surface area contributed by atoms with Crippen molar-refractivity contribution in [1.29, 1.82) is 0 Å². The van der Waals surface area contributed by atoms with Crippen LogP contribution in [-0.2, 0) is 16.8 Å². The number of rotatable bonds is 4. The van der Waals surface area contributed by atoms with E-state index in [2.05, 4.69) is 31.1 Å². The summed E-state index contributed by atoms with van der Waals surface area (Å²) in [4.78, 5) is 30.5. The highest BCUT2D eigenvalue weighted by molar-refractivity contribution is 6.52. The van der Waals surface area contributed by atoms with Crippen LogP contribution < -0.4 is 10.2 Å². The molecule has 0 fully saturated rings. The first-order valence-corrected chi connectivity index (χ1v) is 9.81. The van der Waals surface area contributed by atoms with Crippen LogP contribution in [0.25, 0.3) is 0 Å². The van der Waals surface area contributed by atoms with Gasteiger partial charge in [0.25, 0.3) is 11.7 Å². The molecule has 1 aliphatic rings. The van der Waals surface area contributed by atoms with E-state index in [1.807, 2.05) is 24.3 Å². The number of fused-ring (bicyclic) bond motifs is 1. The molecule has 158 valence electrons. The summed E-state index contributed by atoms with van der Waals surface area (Å²) < 4.78 is 27.4. The van der Waals surface area contributed by atoms with Gasteiger partial charge in [0, 0.05) is 0 Å². The third kappa shape index (κ3) is 4.03. The molecule has 1 aliphatic heterocycles. The number of hydrogen-bond acceptors (Lipinski definition) is 4. The van der Waals surface area contributed by atoms with Crippen LogP contribution >= 0.6 is 0 Å². The number of carbonyl (C=O) groups is 2. The van der Waals surface area contributed by atoms with Gasteiger partial charge in [0.2, 0.25) is 0 Å². The van der Waals surface area contributed by atoms with Gasteiger partial charge in [0.05, 0.1) is 29.7 Å². The molecule has 0 radical (unpaired) electrons. The number of benzene rings is 2. The summed E-state index contributed by atoms with van der Waals surface area (Å²) in [5.74, 6) is -2.41. The van der Waals surface area contributed by atoms with Crippen LogP contribution in [0.1, 0.15) is 42.3 Å². The number of halogens is 2.